The molecule has 0 saturated carbocycles. The van der Waals surface area contributed by atoms with Crippen LogP contribution in [-0.2, 0) is 24.2 Å². The molecule has 1 amide bonds. The summed E-state index contributed by atoms with van der Waals surface area (Å²) in [6.07, 6.45) is 5.03. The van der Waals surface area contributed by atoms with Gasteiger partial charge in [-0.1, -0.05) is 12.1 Å². The van der Waals surface area contributed by atoms with Crippen LogP contribution in [0, 0.1) is 5.92 Å². The molecule has 1 atom stereocenters. The standard InChI is InChI=1S/C23H28N4O2/c1-3-27-21(25-20-8-5-12-24-23(20)27)15-18-11-13-26(16-18)22(28)10-9-17-6-4-7-19(14-17)29-2/h4-8,12,14,18H,3,9-11,13,15-16H2,1-2H3. The Morgan fingerprint density at radius 2 is 2.17 bits per heavy atom. The van der Waals surface area contributed by atoms with Gasteiger partial charge in [0.25, 0.3) is 0 Å². The molecule has 6 nitrogen and oxygen atoms in total. The molecule has 152 valence electrons. The van der Waals surface area contributed by atoms with Crippen LogP contribution < -0.4 is 4.74 Å². The monoisotopic (exact) mass is 392 g/mol. The van der Waals surface area contributed by atoms with E-state index in [0.717, 1.165) is 67.2 Å². The number of likely N-dealkylation sites (tertiary alicyclic amines) is 1. The lowest BCUT2D eigenvalue weighted by molar-refractivity contribution is -0.130. The highest BCUT2D eigenvalue weighted by atomic mass is 16.5. The topological polar surface area (TPSA) is 60.2 Å². The Labute approximate surface area is 171 Å². The van der Waals surface area contributed by atoms with E-state index < -0.39 is 0 Å². The summed E-state index contributed by atoms with van der Waals surface area (Å²) < 4.78 is 7.46. The summed E-state index contributed by atoms with van der Waals surface area (Å²) >= 11 is 0. The van der Waals surface area contributed by atoms with Crippen molar-refractivity contribution in [3.8, 4) is 5.75 Å². The number of aryl methyl sites for hydroxylation is 2. The van der Waals surface area contributed by atoms with E-state index in [9.17, 15) is 4.79 Å². The molecule has 0 N–H and O–H groups in total. The highest BCUT2D eigenvalue weighted by Crippen LogP contribution is 2.24. The summed E-state index contributed by atoms with van der Waals surface area (Å²) in [6, 6.07) is 11.9. The lowest BCUT2D eigenvalue weighted by atomic mass is 10.0. The number of nitrogens with zero attached hydrogens (tertiary/aromatic N) is 4. The van der Waals surface area contributed by atoms with Gasteiger partial charge in [0.2, 0.25) is 5.91 Å². The molecule has 1 unspecified atom stereocenters. The van der Waals surface area contributed by atoms with E-state index in [1.54, 1.807) is 7.11 Å². The summed E-state index contributed by atoms with van der Waals surface area (Å²) in [7, 11) is 1.66. The Balaban J connectivity index is 1.35. The lowest BCUT2D eigenvalue weighted by Crippen LogP contribution is -2.29. The molecule has 1 saturated heterocycles. The minimum Gasteiger partial charge on any atom is -0.497 e. The summed E-state index contributed by atoms with van der Waals surface area (Å²) in [6.45, 7) is 4.64. The van der Waals surface area contributed by atoms with Crippen LogP contribution in [0.4, 0.5) is 0 Å². The summed E-state index contributed by atoms with van der Waals surface area (Å²) in [5, 5.41) is 0. The fraction of sp³-hybridized carbons (Fsp3) is 0.435. The van der Waals surface area contributed by atoms with Crippen LogP contribution in [0.25, 0.3) is 11.2 Å². The number of aromatic nitrogens is 3. The maximum atomic E-state index is 12.7. The predicted molar refractivity (Wildman–Crippen MR) is 113 cm³/mol. The molecular weight excluding hydrogens is 364 g/mol. The van der Waals surface area contributed by atoms with Crippen molar-refractivity contribution in [2.45, 2.75) is 39.2 Å². The third kappa shape index (κ3) is 4.26. The molecule has 3 aromatic rings. The molecular formula is C23H28N4O2. The first kappa shape index (κ1) is 19.4. The van der Waals surface area contributed by atoms with Crippen LogP contribution in [0.3, 0.4) is 0 Å². The number of rotatable bonds is 7. The molecule has 1 aliphatic rings. The normalized spacial score (nSPS) is 16.5. The molecule has 0 aliphatic carbocycles. The van der Waals surface area contributed by atoms with E-state index in [2.05, 4.69) is 16.5 Å². The van der Waals surface area contributed by atoms with Gasteiger partial charge in [0.1, 0.15) is 17.1 Å². The predicted octanol–water partition coefficient (Wildman–Crippen LogP) is 3.48. The van der Waals surface area contributed by atoms with Gasteiger partial charge in [0.15, 0.2) is 5.65 Å². The SMILES string of the molecule is CCn1c(CC2CCN(C(=O)CCc3cccc(OC)c3)C2)nc2cccnc21. The van der Waals surface area contributed by atoms with E-state index in [1.807, 2.05) is 47.5 Å². The van der Waals surface area contributed by atoms with Crippen LogP contribution in [-0.4, -0.2) is 45.5 Å². The number of carbonyl (C=O) groups is 1. The Morgan fingerprint density at radius 3 is 3.00 bits per heavy atom. The Hall–Kier alpha value is -2.89. The van der Waals surface area contributed by atoms with E-state index in [0.29, 0.717) is 12.3 Å². The van der Waals surface area contributed by atoms with E-state index >= 15 is 0 Å². The summed E-state index contributed by atoms with van der Waals surface area (Å²) in [5.74, 6) is 2.61. The van der Waals surface area contributed by atoms with Gasteiger partial charge in [-0.05, 0) is 55.5 Å². The van der Waals surface area contributed by atoms with Gasteiger partial charge < -0.3 is 14.2 Å². The van der Waals surface area contributed by atoms with Gasteiger partial charge in [-0.25, -0.2) is 9.97 Å². The number of benzene rings is 1. The van der Waals surface area contributed by atoms with Crippen molar-refractivity contribution in [2.24, 2.45) is 5.92 Å². The number of hydrogen-bond donors (Lipinski definition) is 0. The molecule has 2 aromatic heterocycles. The van der Waals surface area contributed by atoms with Crippen LogP contribution in [0.1, 0.15) is 31.2 Å². The van der Waals surface area contributed by atoms with Gasteiger partial charge in [0, 0.05) is 38.7 Å². The molecule has 29 heavy (non-hydrogen) atoms. The number of amides is 1. The van der Waals surface area contributed by atoms with Gasteiger partial charge >= 0.3 is 0 Å². The molecule has 0 spiro atoms. The van der Waals surface area contributed by atoms with Gasteiger partial charge in [-0.15, -0.1) is 0 Å². The average molecular weight is 393 g/mol. The van der Waals surface area contributed by atoms with Crippen molar-refractivity contribution in [1.29, 1.82) is 0 Å². The smallest absolute Gasteiger partial charge is 0.222 e. The second-order valence-electron chi connectivity index (χ2n) is 7.67. The Morgan fingerprint density at radius 1 is 1.28 bits per heavy atom. The van der Waals surface area contributed by atoms with Gasteiger partial charge in [-0.3, -0.25) is 4.79 Å². The maximum Gasteiger partial charge on any atom is 0.222 e. The van der Waals surface area contributed by atoms with Crippen molar-refractivity contribution in [3.05, 3.63) is 54.0 Å². The second-order valence-corrected chi connectivity index (χ2v) is 7.67. The maximum absolute atomic E-state index is 12.7. The number of fused-ring (bicyclic) bond motifs is 1. The minimum absolute atomic E-state index is 0.237. The van der Waals surface area contributed by atoms with Crippen LogP contribution >= 0.6 is 0 Å². The number of ether oxygens (including phenoxy) is 1. The molecule has 1 aromatic carbocycles. The van der Waals surface area contributed by atoms with E-state index in [-0.39, 0.29) is 5.91 Å². The average Bonchev–Trinajstić information content (AvgIpc) is 3.36. The molecule has 6 heteroatoms. The van der Waals surface area contributed by atoms with Crippen LogP contribution in [0.2, 0.25) is 0 Å². The van der Waals surface area contributed by atoms with Crippen molar-refractivity contribution in [1.82, 2.24) is 19.4 Å². The van der Waals surface area contributed by atoms with Gasteiger partial charge in [-0.2, -0.15) is 0 Å². The van der Waals surface area contributed by atoms with Crippen molar-refractivity contribution >= 4 is 17.1 Å². The van der Waals surface area contributed by atoms with E-state index in [1.165, 1.54) is 0 Å². The summed E-state index contributed by atoms with van der Waals surface area (Å²) in [5.41, 5.74) is 3.04. The van der Waals surface area contributed by atoms with Crippen molar-refractivity contribution < 1.29 is 9.53 Å². The first-order valence-corrected chi connectivity index (χ1v) is 10.4. The highest BCUT2D eigenvalue weighted by molar-refractivity contribution is 5.76. The fourth-order valence-electron chi connectivity index (χ4n) is 4.21. The quantitative estimate of drug-likeness (QED) is 0.618. The lowest BCUT2D eigenvalue weighted by Gasteiger charge is -2.17. The number of carbonyl (C=O) groups excluding carboxylic acids is 1. The Bertz CT molecular complexity index is 997. The molecule has 1 fully saturated rings. The second kappa shape index (κ2) is 8.64. The highest BCUT2D eigenvalue weighted by Gasteiger charge is 2.27. The van der Waals surface area contributed by atoms with Crippen LogP contribution in [0.15, 0.2) is 42.6 Å². The minimum atomic E-state index is 0.237. The molecule has 1 aliphatic heterocycles. The number of imidazole rings is 1. The molecule has 0 radical (unpaired) electrons. The van der Waals surface area contributed by atoms with Crippen molar-refractivity contribution in [3.63, 3.8) is 0 Å². The summed E-state index contributed by atoms with van der Waals surface area (Å²) in [4.78, 5) is 24.0. The Kier molecular flexibility index (Phi) is 5.79. The molecule has 4 rings (SSSR count). The molecule has 3 heterocycles. The third-order valence-corrected chi connectivity index (χ3v) is 5.77. The number of hydrogen-bond acceptors (Lipinski definition) is 4. The first-order chi connectivity index (χ1) is 14.2. The first-order valence-electron chi connectivity index (χ1n) is 10.4. The van der Waals surface area contributed by atoms with E-state index in [4.69, 9.17) is 9.72 Å². The molecule has 0 bridgehead atoms. The largest absolute Gasteiger partial charge is 0.497 e. The fourth-order valence-corrected chi connectivity index (χ4v) is 4.21. The van der Waals surface area contributed by atoms with Crippen molar-refractivity contribution in [2.75, 3.05) is 20.2 Å². The third-order valence-electron chi connectivity index (χ3n) is 5.77. The van der Waals surface area contributed by atoms with Gasteiger partial charge in [0.05, 0.1) is 7.11 Å². The zero-order valence-electron chi connectivity index (χ0n) is 17.2. The number of methoxy groups -OCH3 is 1. The van der Waals surface area contributed by atoms with Crippen LogP contribution in [0.5, 0.6) is 5.75 Å². The zero-order chi connectivity index (χ0) is 20.2. The zero-order valence-corrected chi connectivity index (χ0v) is 17.2. The number of pyridine rings is 1.